The number of nitrogens with zero attached hydrogens (tertiary/aromatic N) is 3. The number of methoxy groups -OCH3 is 1. The van der Waals surface area contributed by atoms with Gasteiger partial charge in [-0.15, -0.1) is 5.10 Å². The molecule has 0 saturated carbocycles. The monoisotopic (exact) mass is 389 g/mol. The number of esters is 1. The Morgan fingerprint density at radius 3 is 2.54 bits per heavy atom. The van der Waals surface area contributed by atoms with Gasteiger partial charge in [-0.2, -0.15) is 10.1 Å². The first kappa shape index (κ1) is 17.9. The van der Waals surface area contributed by atoms with Crippen molar-refractivity contribution in [3.63, 3.8) is 0 Å². The number of hydrogen-bond donors (Lipinski definition) is 2. The minimum absolute atomic E-state index is 0.240. The Morgan fingerprint density at radius 2 is 1.81 bits per heavy atom. The average molecular weight is 390 g/mol. The van der Waals surface area contributed by atoms with Crippen LogP contribution in [0.2, 0.25) is 10.0 Å². The van der Waals surface area contributed by atoms with E-state index in [0.29, 0.717) is 32.8 Å². The van der Waals surface area contributed by atoms with E-state index in [0.717, 1.165) is 0 Å². The van der Waals surface area contributed by atoms with Crippen molar-refractivity contribution < 1.29 is 9.53 Å². The molecule has 0 atom stereocenters. The highest BCUT2D eigenvalue weighted by atomic mass is 35.5. The molecular formula is C17H13Cl2N5O2. The van der Waals surface area contributed by atoms with Gasteiger partial charge in [-0.3, -0.25) is 0 Å². The number of aromatic nitrogens is 3. The normalized spacial score (nSPS) is 10.3. The summed E-state index contributed by atoms with van der Waals surface area (Å²) in [6.07, 6.45) is 1.43. The van der Waals surface area contributed by atoms with E-state index in [1.54, 1.807) is 42.5 Å². The third kappa shape index (κ3) is 4.38. The van der Waals surface area contributed by atoms with Crippen molar-refractivity contribution in [2.24, 2.45) is 0 Å². The number of rotatable bonds is 5. The van der Waals surface area contributed by atoms with Crippen molar-refractivity contribution in [2.45, 2.75) is 0 Å². The predicted octanol–water partition coefficient (Wildman–Crippen LogP) is 4.45. The second kappa shape index (κ2) is 7.99. The molecule has 0 aliphatic carbocycles. The van der Waals surface area contributed by atoms with Crippen LogP contribution in [0, 0.1) is 0 Å². The van der Waals surface area contributed by atoms with Crippen LogP contribution in [0.15, 0.2) is 48.7 Å². The number of benzene rings is 2. The molecular weight excluding hydrogens is 377 g/mol. The lowest BCUT2D eigenvalue weighted by Gasteiger charge is -2.11. The zero-order chi connectivity index (χ0) is 18.5. The fourth-order valence-corrected chi connectivity index (χ4v) is 2.72. The number of para-hydroxylation sites is 1. The first-order valence-corrected chi connectivity index (χ1v) is 8.18. The molecule has 0 saturated heterocycles. The van der Waals surface area contributed by atoms with Crippen LogP contribution >= 0.6 is 23.2 Å². The molecule has 3 rings (SSSR count). The van der Waals surface area contributed by atoms with E-state index in [9.17, 15) is 4.79 Å². The highest BCUT2D eigenvalue weighted by Gasteiger charge is 2.12. The highest BCUT2D eigenvalue weighted by Crippen LogP contribution is 2.25. The summed E-state index contributed by atoms with van der Waals surface area (Å²) in [5.74, 6) is 0.179. The van der Waals surface area contributed by atoms with Crippen molar-refractivity contribution in [3.05, 3.63) is 64.3 Å². The first-order chi connectivity index (χ1) is 12.5. The van der Waals surface area contributed by atoms with Gasteiger partial charge in [-0.25, -0.2) is 4.79 Å². The fraction of sp³-hybridized carbons (Fsp3) is 0.0588. The molecule has 0 aliphatic rings. The summed E-state index contributed by atoms with van der Waals surface area (Å²) in [5, 5.41) is 14.8. The Morgan fingerprint density at radius 1 is 1.08 bits per heavy atom. The van der Waals surface area contributed by atoms with Gasteiger partial charge < -0.3 is 15.4 Å². The molecule has 7 nitrogen and oxygen atoms in total. The molecule has 0 spiro atoms. The summed E-state index contributed by atoms with van der Waals surface area (Å²) >= 11 is 12.0. The Hall–Kier alpha value is -2.90. The molecule has 1 heterocycles. The molecule has 132 valence electrons. The minimum Gasteiger partial charge on any atom is -0.465 e. The van der Waals surface area contributed by atoms with Crippen LogP contribution in [-0.4, -0.2) is 28.3 Å². The van der Waals surface area contributed by atoms with E-state index in [4.69, 9.17) is 27.9 Å². The third-order valence-electron chi connectivity index (χ3n) is 3.27. The Balaban J connectivity index is 1.83. The molecule has 9 heteroatoms. The van der Waals surface area contributed by atoms with E-state index in [1.807, 2.05) is 0 Å². The molecule has 0 fully saturated rings. The van der Waals surface area contributed by atoms with Crippen LogP contribution in [0.4, 0.5) is 23.1 Å². The molecule has 2 aromatic carbocycles. The quantitative estimate of drug-likeness (QED) is 0.622. The predicted molar refractivity (Wildman–Crippen MR) is 101 cm³/mol. The van der Waals surface area contributed by atoms with Gasteiger partial charge in [0.1, 0.15) is 0 Å². The number of anilines is 4. The fourth-order valence-electron chi connectivity index (χ4n) is 2.19. The molecule has 0 unspecified atom stereocenters. The van der Waals surface area contributed by atoms with Gasteiger partial charge in [0.15, 0.2) is 5.82 Å². The Labute approximate surface area is 159 Å². The summed E-state index contributed by atoms with van der Waals surface area (Å²) in [6.45, 7) is 0. The van der Waals surface area contributed by atoms with E-state index >= 15 is 0 Å². The van der Waals surface area contributed by atoms with Crippen LogP contribution in [0.25, 0.3) is 0 Å². The highest BCUT2D eigenvalue weighted by molar-refractivity contribution is 6.35. The van der Waals surface area contributed by atoms with Crippen molar-refractivity contribution in [1.29, 1.82) is 0 Å². The summed E-state index contributed by atoms with van der Waals surface area (Å²) in [7, 11) is 1.32. The maximum absolute atomic E-state index is 11.8. The maximum Gasteiger partial charge on any atom is 0.339 e. The molecule has 0 amide bonds. The van der Waals surface area contributed by atoms with E-state index in [2.05, 4.69) is 25.8 Å². The second-order valence-corrected chi connectivity index (χ2v) is 5.98. The number of halogens is 2. The molecule has 0 radical (unpaired) electrons. The van der Waals surface area contributed by atoms with Crippen molar-refractivity contribution in [1.82, 2.24) is 15.2 Å². The van der Waals surface area contributed by atoms with E-state index in [1.165, 1.54) is 13.3 Å². The minimum atomic E-state index is -0.456. The number of carbonyl (C=O) groups is 1. The largest absolute Gasteiger partial charge is 0.465 e. The van der Waals surface area contributed by atoms with E-state index in [-0.39, 0.29) is 5.95 Å². The van der Waals surface area contributed by atoms with Crippen LogP contribution in [0.3, 0.4) is 0 Å². The zero-order valence-electron chi connectivity index (χ0n) is 13.5. The topological polar surface area (TPSA) is 89.0 Å². The SMILES string of the molecule is COC(=O)c1ccccc1Nc1cnnc(Nc2cc(Cl)cc(Cl)c2)n1. The number of carbonyl (C=O) groups excluding carboxylic acids is 1. The number of nitrogens with one attached hydrogen (secondary N) is 2. The first-order valence-electron chi connectivity index (χ1n) is 7.42. The van der Waals surface area contributed by atoms with Gasteiger partial charge >= 0.3 is 5.97 Å². The number of hydrogen-bond acceptors (Lipinski definition) is 7. The zero-order valence-corrected chi connectivity index (χ0v) is 15.0. The average Bonchev–Trinajstić information content (AvgIpc) is 2.61. The van der Waals surface area contributed by atoms with Crippen LogP contribution in [0.5, 0.6) is 0 Å². The summed E-state index contributed by atoms with van der Waals surface area (Å²) < 4.78 is 4.78. The summed E-state index contributed by atoms with van der Waals surface area (Å²) in [5.41, 5.74) is 1.54. The van der Waals surface area contributed by atoms with Gasteiger partial charge in [0.2, 0.25) is 5.95 Å². The van der Waals surface area contributed by atoms with Crippen molar-refractivity contribution in [3.8, 4) is 0 Å². The van der Waals surface area contributed by atoms with Gasteiger partial charge in [-0.1, -0.05) is 35.3 Å². The molecule has 0 bridgehead atoms. The molecule has 26 heavy (non-hydrogen) atoms. The maximum atomic E-state index is 11.8. The molecule has 3 aromatic rings. The van der Waals surface area contributed by atoms with Gasteiger partial charge in [0.05, 0.1) is 24.6 Å². The molecule has 0 aliphatic heterocycles. The van der Waals surface area contributed by atoms with Gasteiger partial charge in [-0.05, 0) is 30.3 Å². The third-order valence-corrected chi connectivity index (χ3v) is 3.71. The lowest BCUT2D eigenvalue weighted by molar-refractivity contribution is 0.0602. The number of ether oxygens (including phenoxy) is 1. The van der Waals surface area contributed by atoms with Crippen LogP contribution < -0.4 is 10.6 Å². The summed E-state index contributed by atoms with van der Waals surface area (Å²) in [4.78, 5) is 16.2. The van der Waals surface area contributed by atoms with Crippen LogP contribution in [-0.2, 0) is 4.74 Å². The van der Waals surface area contributed by atoms with E-state index < -0.39 is 5.97 Å². The standard InChI is InChI=1S/C17H13Cl2N5O2/c1-26-16(25)13-4-2-3-5-14(13)22-15-9-20-24-17(23-15)21-12-7-10(18)6-11(19)8-12/h2-9H,1H3,(H2,21,22,23,24). The van der Waals surface area contributed by atoms with Crippen LogP contribution in [0.1, 0.15) is 10.4 Å². The van der Waals surface area contributed by atoms with Crippen molar-refractivity contribution in [2.75, 3.05) is 17.7 Å². The lowest BCUT2D eigenvalue weighted by Crippen LogP contribution is -2.07. The van der Waals surface area contributed by atoms with Gasteiger partial charge in [0, 0.05) is 15.7 Å². The van der Waals surface area contributed by atoms with Gasteiger partial charge in [0.25, 0.3) is 0 Å². The smallest absolute Gasteiger partial charge is 0.339 e. The lowest BCUT2D eigenvalue weighted by atomic mass is 10.2. The Bertz CT molecular complexity index is 932. The Kier molecular flexibility index (Phi) is 5.50. The molecule has 2 N–H and O–H groups in total. The second-order valence-electron chi connectivity index (χ2n) is 5.11. The van der Waals surface area contributed by atoms with Crippen molar-refractivity contribution >= 4 is 52.3 Å². The molecule has 1 aromatic heterocycles. The summed E-state index contributed by atoms with van der Waals surface area (Å²) in [6, 6.07) is 11.9.